The van der Waals surface area contributed by atoms with Crippen LogP contribution in [-0.4, -0.2) is 42.1 Å². The van der Waals surface area contributed by atoms with E-state index in [4.69, 9.17) is 14.2 Å². The zero-order chi connectivity index (χ0) is 23.3. The Morgan fingerprint density at radius 1 is 1.12 bits per heavy atom. The van der Waals surface area contributed by atoms with Gasteiger partial charge in [0.15, 0.2) is 11.2 Å². The first-order valence-electron chi connectivity index (χ1n) is 9.26. The average molecular weight is 457 g/mol. The Labute approximate surface area is 186 Å². The molecule has 3 rings (SSSR count). The molecule has 3 aromatic rings. The standard InChI is InChI=1S/C21H19N3O7S/c1-12(31-20(26)14-8-16(29-2)10-17(9-14)30-3)19(25)23-21-22-18(11-32-21)13-5-4-6-15(7-13)24(27)28/h4-12H,1-3H3,(H,22,23,25). The first-order chi connectivity index (χ1) is 15.3. The molecule has 2 aromatic carbocycles. The second-order valence-electron chi connectivity index (χ2n) is 6.48. The number of nitro benzene ring substituents is 1. The van der Waals surface area contributed by atoms with Gasteiger partial charge in [0.1, 0.15) is 11.5 Å². The molecule has 1 aromatic heterocycles. The summed E-state index contributed by atoms with van der Waals surface area (Å²) in [6, 6.07) is 10.6. The normalized spacial score (nSPS) is 11.3. The van der Waals surface area contributed by atoms with Crippen LogP contribution in [0.3, 0.4) is 0 Å². The summed E-state index contributed by atoms with van der Waals surface area (Å²) in [5.74, 6) is -0.482. The molecule has 0 bridgehead atoms. The van der Waals surface area contributed by atoms with E-state index < -0.39 is 22.9 Å². The zero-order valence-corrected chi connectivity index (χ0v) is 18.2. The van der Waals surface area contributed by atoms with Gasteiger partial charge in [-0.15, -0.1) is 11.3 Å². The van der Waals surface area contributed by atoms with Crippen molar-refractivity contribution in [3.63, 3.8) is 0 Å². The highest BCUT2D eigenvalue weighted by Gasteiger charge is 2.21. The maximum atomic E-state index is 12.5. The van der Waals surface area contributed by atoms with E-state index in [0.29, 0.717) is 22.8 Å². The van der Waals surface area contributed by atoms with Crippen LogP contribution < -0.4 is 14.8 Å². The number of benzene rings is 2. The van der Waals surface area contributed by atoms with E-state index >= 15 is 0 Å². The average Bonchev–Trinajstić information content (AvgIpc) is 3.27. The minimum Gasteiger partial charge on any atom is -0.497 e. The molecule has 0 fully saturated rings. The van der Waals surface area contributed by atoms with Gasteiger partial charge >= 0.3 is 5.97 Å². The number of esters is 1. The Balaban J connectivity index is 1.66. The largest absolute Gasteiger partial charge is 0.497 e. The van der Waals surface area contributed by atoms with Crippen LogP contribution in [0.25, 0.3) is 11.3 Å². The number of carbonyl (C=O) groups is 2. The van der Waals surface area contributed by atoms with Crippen molar-refractivity contribution >= 4 is 34.0 Å². The molecule has 1 atom stereocenters. The van der Waals surface area contributed by atoms with E-state index in [1.165, 1.54) is 45.4 Å². The van der Waals surface area contributed by atoms with Crippen molar-refractivity contribution in [1.29, 1.82) is 0 Å². The molecular formula is C21H19N3O7S. The summed E-state index contributed by atoms with van der Waals surface area (Å²) in [6.45, 7) is 1.43. The van der Waals surface area contributed by atoms with E-state index in [9.17, 15) is 19.7 Å². The number of rotatable bonds is 8. The molecule has 0 aliphatic carbocycles. The second-order valence-corrected chi connectivity index (χ2v) is 7.34. The third kappa shape index (κ3) is 5.38. The van der Waals surface area contributed by atoms with Gasteiger partial charge in [-0.05, 0) is 19.1 Å². The summed E-state index contributed by atoms with van der Waals surface area (Å²) in [7, 11) is 2.91. The first kappa shape index (κ1) is 22.7. The van der Waals surface area contributed by atoms with Crippen LogP contribution in [-0.2, 0) is 9.53 Å². The highest BCUT2D eigenvalue weighted by atomic mass is 32.1. The molecule has 10 nitrogen and oxygen atoms in total. The number of amides is 1. The molecule has 1 heterocycles. The highest BCUT2D eigenvalue weighted by Crippen LogP contribution is 2.28. The van der Waals surface area contributed by atoms with Gasteiger partial charge in [-0.1, -0.05) is 12.1 Å². The Morgan fingerprint density at radius 2 is 1.81 bits per heavy atom. The summed E-state index contributed by atoms with van der Waals surface area (Å²) in [5.41, 5.74) is 1.13. The molecule has 11 heteroatoms. The number of non-ortho nitro benzene ring substituents is 1. The molecule has 0 saturated carbocycles. The van der Waals surface area contributed by atoms with Crippen molar-refractivity contribution in [2.75, 3.05) is 19.5 Å². The number of carbonyl (C=O) groups excluding carboxylic acids is 2. The number of anilines is 1. The smallest absolute Gasteiger partial charge is 0.339 e. The Kier molecular flexibility index (Phi) is 7.00. The van der Waals surface area contributed by atoms with Gasteiger partial charge in [-0.3, -0.25) is 20.2 Å². The fourth-order valence-electron chi connectivity index (χ4n) is 2.66. The minimum atomic E-state index is -1.11. The summed E-state index contributed by atoms with van der Waals surface area (Å²) in [5, 5.41) is 15.5. The molecule has 166 valence electrons. The maximum Gasteiger partial charge on any atom is 0.339 e. The molecule has 0 saturated heterocycles. The van der Waals surface area contributed by atoms with Gasteiger partial charge in [-0.25, -0.2) is 9.78 Å². The summed E-state index contributed by atoms with van der Waals surface area (Å²) < 4.78 is 15.5. The summed E-state index contributed by atoms with van der Waals surface area (Å²) >= 11 is 1.14. The van der Waals surface area contributed by atoms with Crippen LogP contribution >= 0.6 is 11.3 Å². The van der Waals surface area contributed by atoms with Crippen molar-refractivity contribution in [3.8, 4) is 22.8 Å². The van der Waals surface area contributed by atoms with Gasteiger partial charge < -0.3 is 14.2 Å². The van der Waals surface area contributed by atoms with Crippen LogP contribution in [0.4, 0.5) is 10.8 Å². The fraction of sp³-hybridized carbons (Fsp3) is 0.190. The Morgan fingerprint density at radius 3 is 2.44 bits per heavy atom. The summed E-state index contributed by atoms with van der Waals surface area (Å²) in [6.07, 6.45) is -1.11. The number of ether oxygens (including phenoxy) is 3. The monoisotopic (exact) mass is 457 g/mol. The van der Waals surface area contributed by atoms with Crippen molar-refractivity contribution in [1.82, 2.24) is 4.98 Å². The molecule has 32 heavy (non-hydrogen) atoms. The predicted molar refractivity (Wildman–Crippen MR) is 117 cm³/mol. The number of nitrogens with one attached hydrogen (secondary N) is 1. The van der Waals surface area contributed by atoms with Crippen LogP contribution in [0.5, 0.6) is 11.5 Å². The molecular weight excluding hydrogens is 438 g/mol. The Hall–Kier alpha value is -3.99. The molecule has 1 N–H and O–H groups in total. The molecule has 1 unspecified atom stereocenters. The van der Waals surface area contributed by atoms with Crippen molar-refractivity contribution in [3.05, 3.63) is 63.5 Å². The molecule has 0 radical (unpaired) electrons. The van der Waals surface area contributed by atoms with E-state index in [-0.39, 0.29) is 16.4 Å². The lowest BCUT2D eigenvalue weighted by Gasteiger charge is -2.13. The van der Waals surface area contributed by atoms with Crippen molar-refractivity contribution in [2.45, 2.75) is 13.0 Å². The number of nitrogens with zero attached hydrogens (tertiary/aromatic N) is 2. The highest BCUT2D eigenvalue weighted by molar-refractivity contribution is 7.14. The van der Waals surface area contributed by atoms with Gasteiger partial charge in [0, 0.05) is 29.1 Å². The lowest BCUT2D eigenvalue weighted by Crippen LogP contribution is -2.30. The number of hydrogen-bond donors (Lipinski definition) is 1. The SMILES string of the molecule is COc1cc(OC)cc(C(=O)OC(C)C(=O)Nc2nc(-c3cccc([N+](=O)[O-])c3)cs2)c1. The van der Waals surface area contributed by atoms with E-state index in [1.54, 1.807) is 23.6 Å². The fourth-order valence-corrected chi connectivity index (χ4v) is 3.38. The third-order valence-electron chi connectivity index (χ3n) is 4.33. The molecule has 0 aliphatic rings. The summed E-state index contributed by atoms with van der Waals surface area (Å²) in [4.78, 5) is 39.6. The van der Waals surface area contributed by atoms with Gasteiger partial charge in [0.05, 0.1) is 30.4 Å². The lowest BCUT2D eigenvalue weighted by atomic mass is 10.1. The quantitative estimate of drug-likeness (QED) is 0.306. The number of aromatic nitrogens is 1. The molecule has 1 amide bonds. The van der Waals surface area contributed by atoms with E-state index in [0.717, 1.165) is 11.3 Å². The van der Waals surface area contributed by atoms with E-state index in [2.05, 4.69) is 10.3 Å². The minimum absolute atomic E-state index is 0.0595. The van der Waals surface area contributed by atoms with Crippen molar-refractivity contribution in [2.24, 2.45) is 0 Å². The van der Waals surface area contributed by atoms with Gasteiger partial charge in [0.2, 0.25) is 0 Å². The molecule has 0 aliphatic heterocycles. The maximum absolute atomic E-state index is 12.5. The van der Waals surface area contributed by atoms with Crippen LogP contribution in [0, 0.1) is 10.1 Å². The van der Waals surface area contributed by atoms with Gasteiger partial charge in [-0.2, -0.15) is 0 Å². The van der Waals surface area contributed by atoms with Crippen LogP contribution in [0.15, 0.2) is 47.8 Å². The Bertz CT molecular complexity index is 1140. The van der Waals surface area contributed by atoms with Crippen LogP contribution in [0.2, 0.25) is 0 Å². The topological polar surface area (TPSA) is 130 Å². The number of methoxy groups -OCH3 is 2. The lowest BCUT2D eigenvalue weighted by molar-refractivity contribution is -0.384. The second kappa shape index (κ2) is 9.88. The van der Waals surface area contributed by atoms with E-state index in [1.807, 2.05) is 0 Å². The van der Waals surface area contributed by atoms with Crippen molar-refractivity contribution < 1.29 is 28.7 Å². The van der Waals surface area contributed by atoms with Crippen LogP contribution in [0.1, 0.15) is 17.3 Å². The molecule has 0 spiro atoms. The zero-order valence-electron chi connectivity index (χ0n) is 17.4. The van der Waals surface area contributed by atoms with Gasteiger partial charge in [0.25, 0.3) is 11.6 Å². The number of hydrogen-bond acceptors (Lipinski definition) is 9. The number of thiazole rings is 1. The third-order valence-corrected chi connectivity index (χ3v) is 5.08. The first-order valence-corrected chi connectivity index (χ1v) is 10.1. The number of nitro groups is 1. The predicted octanol–water partition coefficient (Wildman–Crippen LogP) is 3.92.